The fourth-order valence-electron chi connectivity index (χ4n) is 2.52. The van der Waals surface area contributed by atoms with E-state index in [1.807, 2.05) is 0 Å². The molecule has 17 heavy (non-hydrogen) atoms. The van der Waals surface area contributed by atoms with Gasteiger partial charge in [-0.1, -0.05) is 0 Å². The van der Waals surface area contributed by atoms with Crippen molar-refractivity contribution in [1.82, 2.24) is 9.97 Å². The number of nitrogens with one attached hydrogen (secondary N) is 2. The highest BCUT2D eigenvalue weighted by Gasteiger charge is 2.43. The number of H-pyrrole nitrogens is 2. The number of aromatic nitrogens is 2. The molecule has 2 rings (SSSR count). The molecule has 0 saturated heterocycles. The van der Waals surface area contributed by atoms with Crippen LogP contribution in [0.15, 0.2) is 15.8 Å². The number of aromatic amines is 2. The van der Waals surface area contributed by atoms with E-state index >= 15 is 0 Å². The smallest absolute Gasteiger partial charge is 0.325 e. The Labute approximate surface area is 97.3 Å². The van der Waals surface area contributed by atoms with Crippen LogP contribution in [0.2, 0.25) is 0 Å². The van der Waals surface area contributed by atoms with Gasteiger partial charge in [0.05, 0.1) is 13.2 Å². The fourth-order valence-corrected chi connectivity index (χ4v) is 2.52. The highest BCUT2D eigenvalue weighted by Crippen LogP contribution is 2.45. The van der Waals surface area contributed by atoms with Gasteiger partial charge in [-0.05, 0) is 25.2 Å². The lowest BCUT2D eigenvalue weighted by atomic mass is 9.61. The number of rotatable bonds is 4. The van der Waals surface area contributed by atoms with E-state index in [1.54, 1.807) is 0 Å². The predicted octanol–water partition coefficient (Wildman–Crippen LogP) is -1.01. The van der Waals surface area contributed by atoms with Gasteiger partial charge in [0.15, 0.2) is 0 Å². The number of hydrogen-bond donors (Lipinski definition) is 4. The Morgan fingerprint density at radius 1 is 1.29 bits per heavy atom. The van der Waals surface area contributed by atoms with Crippen LogP contribution < -0.4 is 11.2 Å². The molecule has 1 fully saturated rings. The minimum absolute atomic E-state index is 0.0258. The van der Waals surface area contributed by atoms with Gasteiger partial charge in [-0.3, -0.25) is 9.78 Å². The Balaban J connectivity index is 2.01. The minimum Gasteiger partial charge on any atom is -0.396 e. The summed E-state index contributed by atoms with van der Waals surface area (Å²) in [6, 6.07) is 0. The van der Waals surface area contributed by atoms with E-state index in [9.17, 15) is 9.59 Å². The summed E-state index contributed by atoms with van der Waals surface area (Å²) in [7, 11) is 0. The molecule has 94 valence electrons. The van der Waals surface area contributed by atoms with E-state index < -0.39 is 5.69 Å². The third kappa shape index (κ3) is 2.32. The molecule has 4 N–H and O–H groups in total. The third-order valence-electron chi connectivity index (χ3n) is 3.52. The Bertz CT molecular complexity index is 493. The summed E-state index contributed by atoms with van der Waals surface area (Å²) >= 11 is 0. The molecule has 1 aromatic heterocycles. The topological polar surface area (TPSA) is 106 Å². The number of aliphatic hydroxyl groups is 2. The van der Waals surface area contributed by atoms with Crippen molar-refractivity contribution >= 4 is 0 Å². The molecule has 1 heterocycles. The largest absolute Gasteiger partial charge is 0.396 e. The van der Waals surface area contributed by atoms with Gasteiger partial charge in [0, 0.05) is 17.2 Å². The maximum atomic E-state index is 11.4. The van der Waals surface area contributed by atoms with Crippen molar-refractivity contribution in [3.05, 3.63) is 32.6 Å². The van der Waals surface area contributed by atoms with E-state index in [2.05, 4.69) is 9.97 Å². The van der Waals surface area contributed by atoms with E-state index in [4.69, 9.17) is 10.2 Å². The SMILES string of the molecule is O=c1[nH]cc(CC2CC(CO)(CO)C2)c(=O)[nH]1. The van der Waals surface area contributed by atoms with E-state index in [0.717, 1.165) is 0 Å². The molecule has 0 spiro atoms. The molecule has 0 radical (unpaired) electrons. The van der Waals surface area contributed by atoms with Gasteiger partial charge in [0.2, 0.25) is 0 Å². The van der Waals surface area contributed by atoms with Gasteiger partial charge in [-0.2, -0.15) is 0 Å². The summed E-state index contributed by atoms with van der Waals surface area (Å²) in [6.07, 6.45) is 3.41. The average Bonchev–Trinajstić information content (AvgIpc) is 2.26. The van der Waals surface area contributed by atoms with Gasteiger partial charge in [-0.25, -0.2) is 4.79 Å². The van der Waals surface area contributed by atoms with Crippen molar-refractivity contribution in [2.75, 3.05) is 13.2 Å². The molecule has 1 aliphatic rings. The summed E-state index contributed by atoms with van der Waals surface area (Å²) < 4.78 is 0. The molecule has 6 nitrogen and oxygen atoms in total. The van der Waals surface area contributed by atoms with Crippen molar-refractivity contribution in [2.45, 2.75) is 19.3 Å². The summed E-state index contributed by atoms with van der Waals surface area (Å²) in [5.41, 5.74) is -0.703. The van der Waals surface area contributed by atoms with Crippen molar-refractivity contribution in [2.24, 2.45) is 11.3 Å². The van der Waals surface area contributed by atoms with Crippen LogP contribution in [0.3, 0.4) is 0 Å². The first-order chi connectivity index (χ1) is 8.08. The van der Waals surface area contributed by atoms with Gasteiger partial charge in [0.1, 0.15) is 0 Å². The molecule has 0 amide bonds. The monoisotopic (exact) mass is 240 g/mol. The van der Waals surface area contributed by atoms with Gasteiger partial charge >= 0.3 is 5.69 Å². The van der Waals surface area contributed by atoms with Crippen LogP contribution in [0, 0.1) is 11.3 Å². The van der Waals surface area contributed by atoms with Crippen LogP contribution >= 0.6 is 0 Å². The zero-order valence-electron chi connectivity index (χ0n) is 9.40. The van der Waals surface area contributed by atoms with Crippen LogP contribution in [0.4, 0.5) is 0 Å². The second-order valence-electron chi connectivity index (χ2n) is 4.89. The molecule has 0 aliphatic heterocycles. The molecule has 6 heteroatoms. The molecule has 1 aliphatic carbocycles. The highest BCUT2D eigenvalue weighted by molar-refractivity contribution is 5.07. The van der Waals surface area contributed by atoms with Crippen LogP contribution in [0.25, 0.3) is 0 Å². The first-order valence-corrected chi connectivity index (χ1v) is 5.61. The van der Waals surface area contributed by atoms with Gasteiger partial charge < -0.3 is 15.2 Å². The van der Waals surface area contributed by atoms with Crippen LogP contribution in [-0.4, -0.2) is 33.4 Å². The average molecular weight is 240 g/mol. The Kier molecular flexibility index (Phi) is 3.17. The lowest BCUT2D eigenvalue weighted by Crippen LogP contribution is -2.44. The minimum atomic E-state index is -0.507. The standard InChI is InChI=1S/C11H16N2O4/c14-5-11(6-15)2-7(3-11)1-8-4-12-10(17)13-9(8)16/h4,7,14-15H,1-3,5-6H2,(H2,12,13,16,17). The van der Waals surface area contributed by atoms with Crippen LogP contribution in [-0.2, 0) is 6.42 Å². The van der Waals surface area contributed by atoms with Crippen molar-refractivity contribution < 1.29 is 10.2 Å². The number of aliphatic hydroxyl groups excluding tert-OH is 2. The molecule has 1 aromatic rings. The quantitative estimate of drug-likeness (QED) is 0.541. The highest BCUT2D eigenvalue weighted by atomic mass is 16.3. The van der Waals surface area contributed by atoms with E-state index in [1.165, 1.54) is 6.20 Å². The first kappa shape index (κ1) is 12.1. The van der Waals surface area contributed by atoms with Crippen LogP contribution in [0.5, 0.6) is 0 Å². The van der Waals surface area contributed by atoms with Crippen molar-refractivity contribution in [3.63, 3.8) is 0 Å². The van der Waals surface area contributed by atoms with Crippen molar-refractivity contribution in [3.8, 4) is 0 Å². The molecule has 0 unspecified atom stereocenters. The lowest BCUT2D eigenvalue weighted by Gasteiger charge is -2.45. The molecule has 0 aromatic carbocycles. The lowest BCUT2D eigenvalue weighted by molar-refractivity contribution is -0.0483. The summed E-state index contributed by atoms with van der Waals surface area (Å²) in [5.74, 6) is 0.279. The Morgan fingerprint density at radius 3 is 2.47 bits per heavy atom. The molecule has 0 bridgehead atoms. The predicted molar refractivity (Wildman–Crippen MR) is 60.7 cm³/mol. The van der Waals surface area contributed by atoms with Crippen molar-refractivity contribution in [1.29, 1.82) is 0 Å². The Morgan fingerprint density at radius 2 is 1.94 bits per heavy atom. The maximum absolute atomic E-state index is 11.4. The molecule has 1 saturated carbocycles. The molecular formula is C11H16N2O4. The zero-order valence-corrected chi connectivity index (χ0v) is 9.40. The third-order valence-corrected chi connectivity index (χ3v) is 3.52. The molecule has 0 atom stereocenters. The van der Waals surface area contributed by atoms with Gasteiger partial charge in [-0.15, -0.1) is 0 Å². The first-order valence-electron chi connectivity index (χ1n) is 5.61. The second kappa shape index (κ2) is 4.46. The Hall–Kier alpha value is -1.40. The maximum Gasteiger partial charge on any atom is 0.325 e. The van der Waals surface area contributed by atoms with E-state index in [-0.39, 0.29) is 30.1 Å². The zero-order chi connectivity index (χ0) is 12.5. The second-order valence-corrected chi connectivity index (χ2v) is 4.89. The summed E-state index contributed by atoms with van der Waals surface area (Å²) in [5, 5.41) is 18.3. The number of hydrogen-bond acceptors (Lipinski definition) is 4. The van der Waals surface area contributed by atoms with Crippen LogP contribution in [0.1, 0.15) is 18.4 Å². The summed E-state index contributed by atoms with van der Waals surface area (Å²) in [6.45, 7) is -0.0516. The normalized spacial score (nSPS) is 18.9. The van der Waals surface area contributed by atoms with Gasteiger partial charge in [0.25, 0.3) is 5.56 Å². The van der Waals surface area contributed by atoms with E-state index in [0.29, 0.717) is 24.8 Å². The summed E-state index contributed by atoms with van der Waals surface area (Å²) in [4.78, 5) is 26.9. The fraction of sp³-hybridized carbons (Fsp3) is 0.636. The molecular weight excluding hydrogens is 224 g/mol.